The third-order valence-corrected chi connectivity index (χ3v) is 4.86. The smallest absolute Gasteiger partial charge is 0.247 e. The normalized spacial score (nSPS) is 10.1. The zero-order valence-corrected chi connectivity index (χ0v) is 18.2. The fourth-order valence-electron chi connectivity index (χ4n) is 3.22. The number of nitrogens with one attached hydrogen (secondary N) is 3. The van der Waals surface area contributed by atoms with Crippen molar-refractivity contribution in [1.29, 1.82) is 0 Å². The number of aromatic amines is 1. The number of amides is 1. The SMILES string of the molecule is C=CC(=O)Nc1ccccc1Nc1ccc2c(C#Cc3cc(OC)cc(OC)c3)c[nH]c2n1. The molecule has 0 atom stereocenters. The molecule has 0 bridgehead atoms. The molecule has 0 aliphatic heterocycles. The van der Waals surface area contributed by atoms with E-state index in [-0.39, 0.29) is 5.91 Å². The van der Waals surface area contributed by atoms with Gasteiger partial charge in [0.2, 0.25) is 5.91 Å². The van der Waals surface area contributed by atoms with E-state index in [1.54, 1.807) is 26.4 Å². The molecule has 0 saturated carbocycles. The molecule has 3 N–H and O–H groups in total. The van der Waals surface area contributed by atoms with Gasteiger partial charge in [0.25, 0.3) is 0 Å². The molecule has 1 amide bonds. The van der Waals surface area contributed by atoms with E-state index in [0.717, 1.165) is 22.2 Å². The first-order valence-electron chi connectivity index (χ1n) is 10.1. The van der Waals surface area contributed by atoms with Crippen LogP contribution in [-0.2, 0) is 4.79 Å². The van der Waals surface area contributed by atoms with Crippen LogP contribution in [0.25, 0.3) is 11.0 Å². The van der Waals surface area contributed by atoms with E-state index in [1.807, 2.05) is 48.7 Å². The van der Waals surface area contributed by atoms with Gasteiger partial charge < -0.3 is 25.1 Å². The van der Waals surface area contributed by atoms with Gasteiger partial charge in [-0.2, -0.15) is 0 Å². The number of para-hydroxylation sites is 2. The Labute approximate surface area is 191 Å². The molecule has 0 unspecified atom stereocenters. The van der Waals surface area contributed by atoms with Crippen molar-refractivity contribution in [1.82, 2.24) is 9.97 Å². The summed E-state index contributed by atoms with van der Waals surface area (Å²) in [7, 11) is 3.21. The maximum atomic E-state index is 11.7. The number of hydrogen-bond donors (Lipinski definition) is 3. The number of ether oxygens (including phenoxy) is 2. The number of H-pyrrole nitrogens is 1. The summed E-state index contributed by atoms with van der Waals surface area (Å²) >= 11 is 0. The lowest BCUT2D eigenvalue weighted by Gasteiger charge is -2.11. The number of carbonyl (C=O) groups is 1. The van der Waals surface area contributed by atoms with Crippen LogP contribution in [0.1, 0.15) is 11.1 Å². The summed E-state index contributed by atoms with van der Waals surface area (Å²) in [5.41, 5.74) is 3.66. The predicted molar refractivity (Wildman–Crippen MR) is 130 cm³/mol. The van der Waals surface area contributed by atoms with E-state index in [4.69, 9.17) is 9.47 Å². The van der Waals surface area contributed by atoms with E-state index in [0.29, 0.717) is 28.7 Å². The van der Waals surface area contributed by atoms with Gasteiger partial charge in [0, 0.05) is 23.2 Å². The minimum absolute atomic E-state index is 0.283. The largest absolute Gasteiger partial charge is 0.497 e. The summed E-state index contributed by atoms with van der Waals surface area (Å²) in [5.74, 6) is 8.04. The van der Waals surface area contributed by atoms with Gasteiger partial charge in [0.15, 0.2) is 0 Å². The summed E-state index contributed by atoms with van der Waals surface area (Å²) in [4.78, 5) is 19.5. The molecule has 4 rings (SSSR count). The van der Waals surface area contributed by atoms with Crippen molar-refractivity contribution in [2.45, 2.75) is 0 Å². The van der Waals surface area contributed by atoms with Crippen LogP contribution in [0.3, 0.4) is 0 Å². The number of benzene rings is 2. The third-order valence-electron chi connectivity index (χ3n) is 4.86. The molecular weight excluding hydrogens is 416 g/mol. The van der Waals surface area contributed by atoms with Crippen molar-refractivity contribution in [3.63, 3.8) is 0 Å². The zero-order valence-electron chi connectivity index (χ0n) is 18.2. The molecule has 0 aliphatic rings. The van der Waals surface area contributed by atoms with Crippen LogP contribution < -0.4 is 20.1 Å². The highest BCUT2D eigenvalue weighted by atomic mass is 16.5. The van der Waals surface area contributed by atoms with Crippen LogP contribution in [0.2, 0.25) is 0 Å². The highest BCUT2D eigenvalue weighted by molar-refractivity contribution is 6.01. The summed E-state index contributed by atoms with van der Waals surface area (Å²) in [5, 5.41) is 6.92. The lowest BCUT2D eigenvalue weighted by atomic mass is 10.1. The van der Waals surface area contributed by atoms with Crippen LogP contribution in [0.5, 0.6) is 11.5 Å². The van der Waals surface area contributed by atoms with Crippen molar-refractivity contribution in [3.05, 3.63) is 84.6 Å². The van der Waals surface area contributed by atoms with E-state index in [1.165, 1.54) is 6.08 Å². The van der Waals surface area contributed by atoms with Crippen molar-refractivity contribution in [3.8, 4) is 23.3 Å². The number of rotatable bonds is 6. The number of anilines is 3. The molecule has 2 aromatic heterocycles. The number of aromatic nitrogens is 2. The molecule has 0 spiro atoms. The quantitative estimate of drug-likeness (QED) is 0.296. The molecule has 2 aromatic carbocycles. The first-order chi connectivity index (χ1) is 16.1. The number of hydrogen-bond acceptors (Lipinski definition) is 5. The Kier molecular flexibility index (Phi) is 6.28. The lowest BCUT2D eigenvalue weighted by molar-refractivity contribution is -0.111. The van der Waals surface area contributed by atoms with E-state index in [9.17, 15) is 4.79 Å². The first-order valence-corrected chi connectivity index (χ1v) is 10.1. The van der Waals surface area contributed by atoms with Crippen molar-refractivity contribution in [2.24, 2.45) is 0 Å². The predicted octanol–water partition coefficient (Wildman–Crippen LogP) is 4.85. The fraction of sp³-hybridized carbons (Fsp3) is 0.0769. The fourth-order valence-corrected chi connectivity index (χ4v) is 3.22. The minimum Gasteiger partial charge on any atom is -0.497 e. The second-order valence-corrected chi connectivity index (χ2v) is 7.01. The molecule has 4 aromatic rings. The van der Waals surface area contributed by atoms with Crippen molar-refractivity contribution in [2.75, 3.05) is 24.9 Å². The van der Waals surface area contributed by atoms with Crippen molar-refractivity contribution >= 4 is 34.1 Å². The standard InChI is InChI=1S/C26H22N4O3/c1-4-25(31)29-23-8-6-5-7-22(23)28-24-12-11-21-18(16-27-26(21)30-24)10-9-17-13-19(32-2)15-20(14-17)33-3/h4-8,11-16H,1H2,2-3H3,(H,29,31)(H2,27,28,30). The van der Waals surface area contributed by atoms with Crippen LogP contribution >= 0.6 is 0 Å². The molecule has 0 radical (unpaired) electrons. The molecule has 7 heteroatoms. The molecule has 33 heavy (non-hydrogen) atoms. The first kappa shape index (κ1) is 21.5. The van der Waals surface area contributed by atoms with Gasteiger partial charge in [-0.25, -0.2) is 4.98 Å². The molecule has 0 fully saturated rings. The number of nitrogens with zero attached hydrogens (tertiary/aromatic N) is 1. The third kappa shape index (κ3) is 4.97. The summed E-state index contributed by atoms with van der Waals surface area (Å²) in [6, 6.07) is 16.7. The second kappa shape index (κ2) is 9.62. The molecule has 164 valence electrons. The molecular formula is C26H22N4O3. The average Bonchev–Trinajstić information content (AvgIpc) is 3.25. The Hall–Kier alpha value is -4.70. The zero-order chi connectivity index (χ0) is 23.2. The van der Waals surface area contributed by atoms with Crippen LogP contribution in [0, 0.1) is 11.8 Å². The lowest BCUT2D eigenvalue weighted by Crippen LogP contribution is -2.09. The van der Waals surface area contributed by atoms with Gasteiger partial charge in [-0.05, 0) is 42.5 Å². The van der Waals surface area contributed by atoms with Gasteiger partial charge in [-0.15, -0.1) is 0 Å². The average molecular weight is 438 g/mol. The Morgan fingerprint density at radius 1 is 1.03 bits per heavy atom. The maximum Gasteiger partial charge on any atom is 0.247 e. The summed E-state index contributed by atoms with van der Waals surface area (Å²) < 4.78 is 10.6. The monoisotopic (exact) mass is 438 g/mol. The van der Waals surface area contributed by atoms with Crippen LogP contribution in [-0.4, -0.2) is 30.1 Å². The minimum atomic E-state index is -0.283. The van der Waals surface area contributed by atoms with Gasteiger partial charge in [-0.3, -0.25) is 4.79 Å². The molecule has 0 aliphatic carbocycles. The summed E-state index contributed by atoms with van der Waals surface area (Å²) in [6.07, 6.45) is 3.05. The van der Waals surface area contributed by atoms with Gasteiger partial charge in [0.1, 0.15) is 23.0 Å². The molecule has 0 saturated heterocycles. The van der Waals surface area contributed by atoms with Gasteiger partial charge in [0.05, 0.1) is 31.2 Å². The molecule has 2 heterocycles. The van der Waals surface area contributed by atoms with E-state index >= 15 is 0 Å². The van der Waals surface area contributed by atoms with Crippen LogP contribution in [0.4, 0.5) is 17.2 Å². The Balaban J connectivity index is 1.59. The van der Waals surface area contributed by atoms with Crippen LogP contribution in [0.15, 0.2) is 73.4 Å². The summed E-state index contributed by atoms with van der Waals surface area (Å²) in [6.45, 7) is 3.49. The van der Waals surface area contributed by atoms with E-state index in [2.05, 4.69) is 39.0 Å². The number of carbonyl (C=O) groups excluding carboxylic acids is 1. The second-order valence-electron chi connectivity index (χ2n) is 7.01. The molecule has 7 nitrogen and oxygen atoms in total. The highest BCUT2D eigenvalue weighted by Gasteiger charge is 2.08. The Morgan fingerprint density at radius 3 is 2.45 bits per heavy atom. The highest BCUT2D eigenvalue weighted by Crippen LogP contribution is 2.26. The number of methoxy groups -OCH3 is 2. The topological polar surface area (TPSA) is 88.3 Å². The maximum absolute atomic E-state index is 11.7. The Bertz CT molecular complexity index is 1370. The van der Waals surface area contributed by atoms with Gasteiger partial charge in [-0.1, -0.05) is 30.6 Å². The van der Waals surface area contributed by atoms with Gasteiger partial charge >= 0.3 is 0 Å². The van der Waals surface area contributed by atoms with E-state index < -0.39 is 0 Å². The van der Waals surface area contributed by atoms with Crippen molar-refractivity contribution < 1.29 is 14.3 Å². The Morgan fingerprint density at radius 2 is 1.76 bits per heavy atom. The number of fused-ring (bicyclic) bond motifs is 1. The number of pyridine rings is 1.